The van der Waals surface area contributed by atoms with Gasteiger partial charge in [0.15, 0.2) is 23.1 Å². The van der Waals surface area contributed by atoms with E-state index in [1.807, 2.05) is 12.1 Å². The van der Waals surface area contributed by atoms with Gasteiger partial charge in [-0.25, -0.2) is 0 Å². The smallest absolute Gasteiger partial charge is 0.446 e. The molecule has 0 fully saturated rings. The van der Waals surface area contributed by atoms with Crippen LogP contribution >= 0.6 is 23.5 Å². The number of primary amides is 1. The minimum Gasteiger partial charge on any atom is -0.481 e. The van der Waals surface area contributed by atoms with Gasteiger partial charge in [-0.3, -0.25) is 52.5 Å². The van der Waals surface area contributed by atoms with E-state index in [4.69, 9.17) is 16.0 Å². The monoisotopic (exact) mass is 1140 g/mol. The number of benzene rings is 3. The minimum absolute atomic E-state index is 0.0611. The molecule has 7 atom stereocenters. The molecule has 1 heterocycles. The number of amides is 4. The molecule has 0 spiro atoms. The van der Waals surface area contributed by atoms with E-state index in [1.165, 1.54) is 47.8 Å². The predicted octanol–water partition coefficient (Wildman–Crippen LogP) is 3.18. The Balaban J connectivity index is 1.54. The van der Waals surface area contributed by atoms with Gasteiger partial charge in [0.05, 0.1) is 37.0 Å². The van der Waals surface area contributed by atoms with Gasteiger partial charge < -0.3 is 46.8 Å². The van der Waals surface area contributed by atoms with Crippen molar-refractivity contribution < 1.29 is 75.3 Å². The summed E-state index contributed by atoms with van der Waals surface area (Å²) in [5.41, 5.74) is 14.0. The van der Waals surface area contributed by atoms with Gasteiger partial charge in [0.25, 0.3) is 0 Å². The van der Waals surface area contributed by atoms with Crippen LogP contribution in [-0.4, -0.2) is 135 Å². The van der Waals surface area contributed by atoms with Gasteiger partial charge in [-0.2, -0.15) is 31.9 Å². The highest BCUT2D eigenvalue weighted by molar-refractivity contribution is 7.98. The number of carboxylic acid groups (broad SMARTS) is 2. The SMILES string of the molecule is CSCC[C@H](CC(=O)[C@H](Cc1c[nH]c2ccccc12)NC(=O)CCC(=O)[C@H](CCSC)NC(=O)[C@@H](CC(=O)[C@@H](N)CC(=O)O)Cc1ccc(OS(=O)(=O)O)cc1)C(=O)N[C@@H](CC(=O)O)C(=O)C[C@@H](Cc1ccccc1)C(N)=O. The number of aromatic nitrogens is 1. The number of para-hydroxylation sites is 1. The first-order valence-corrected chi connectivity index (χ1v) is 28.9. The lowest BCUT2D eigenvalue weighted by atomic mass is 9.89. The Morgan fingerprint density at radius 2 is 1.15 bits per heavy atom. The van der Waals surface area contributed by atoms with Crippen molar-refractivity contribution in [3.63, 3.8) is 0 Å². The number of Topliss-reactive ketones (excluding diaryl/α,β-unsaturated/α-hetero) is 4. The fourth-order valence-electron chi connectivity index (χ4n) is 8.56. The van der Waals surface area contributed by atoms with Gasteiger partial charge >= 0.3 is 22.3 Å². The summed E-state index contributed by atoms with van der Waals surface area (Å²) < 4.78 is 35.9. The van der Waals surface area contributed by atoms with Crippen molar-refractivity contribution in [2.45, 2.75) is 101 Å². The summed E-state index contributed by atoms with van der Waals surface area (Å²) in [6, 6.07) is 15.6. The molecule has 0 saturated carbocycles. The molecule has 0 radical (unpaired) electrons. The van der Waals surface area contributed by atoms with Crippen LogP contribution in [0, 0.1) is 17.8 Å². The zero-order valence-corrected chi connectivity index (χ0v) is 45.5. The van der Waals surface area contributed by atoms with Crippen LogP contribution in [0.5, 0.6) is 5.75 Å². The summed E-state index contributed by atoms with van der Waals surface area (Å²) in [6.07, 6.45) is 1.37. The number of ketones is 4. The summed E-state index contributed by atoms with van der Waals surface area (Å²) in [7, 11) is -4.85. The molecule has 422 valence electrons. The molecule has 0 unspecified atom stereocenters. The Morgan fingerprint density at radius 3 is 1.78 bits per heavy atom. The maximum atomic E-state index is 14.5. The summed E-state index contributed by atoms with van der Waals surface area (Å²) in [5, 5.41) is 27.7. The zero-order valence-electron chi connectivity index (χ0n) is 43.1. The number of nitrogens with one attached hydrogen (secondary N) is 4. The van der Waals surface area contributed by atoms with Crippen LogP contribution in [0.1, 0.15) is 74.5 Å². The molecule has 1 aromatic heterocycles. The van der Waals surface area contributed by atoms with E-state index in [-0.39, 0.29) is 37.9 Å². The van der Waals surface area contributed by atoms with Gasteiger partial charge in [-0.15, -0.1) is 0 Å². The number of fused-ring (bicyclic) bond motifs is 1. The number of hydrogen-bond donors (Lipinski definition) is 9. The van der Waals surface area contributed by atoms with E-state index in [9.17, 15) is 66.6 Å². The highest BCUT2D eigenvalue weighted by Crippen LogP contribution is 2.24. The molecule has 0 bridgehead atoms. The maximum Gasteiger partial charge on any atom is 0.446 e. The number of aromatic amines is 1. The molecular weight excluding hydrogens is 1070 g/mol. The van der Waals surface area contributed by atoms with Gasteiger partial charge in [0.1, 0.15) is 5.75 Å². The summed E-state index contributed by atoms with van der Waals surface area (Å²) in [6.45, 7) is 0. The number of nitrogens with two attached hydrogens (primary N) is 2. The first kappa shape index (κ1) is 63.6. The van der Waals surface area contributed by atoms with E-state index in [1.54, 1.807) is 61.2 Å². The molecule has 78 heavy (non-hydrogen) atoms. The predicted molar refractivity (Wildman–Crippen MR) is 292 cm³/mol. The van der Waals surface area contributed by atoms with Gasteiger partial charge in [-0.1, -0.05) is 60.7 Å². The molecule has 4 rings (SSSR count). The third-order valence-electron chi connectivity index (χ3n) is 12.7. The van der Waals surface area contributed by atoms with Crippen molar-refractivity contribution in [1.29, 1.82) is 0 Å². The molecule has 0 aliphatic carbocycles. The van der Waals surface area contributed by atoms with E-state index < -0.39 is 156 Å². The number of rotatable bonds is 37. The maximum absolute atomic E-state index is 14.5. The molecule has 0 aliphatic heterocycles. The molecule has 22 nitrogen and oxygen atoms in total. The Hall–Kier alpha value is -6.93. The number of carbonyl (C=O) groups excluding carboxylic acids is 8. The second kappa shape index (κ2) is 31.5. The minimum atomic E-state index is -4.85. The average Bonchev–Trinajstić information content (AvgIpc) is 3.81. The third-order valence-corrected chi connectivity index (χ3v) is 14.4. The van der Waals surface area contributed by atoms with Gasteiger partial charge in [0, 0.05) is 73.4 Å². The molecule has 0 saturated heterocycles. The standard InChI is InChI=1S/C53H66N6O16S3/c1-76-20-18-33(52(70)59-43(29-50(67)68)47(63)26-34(51(55)69)22-31-8-4-3-5-9-31)25-46(62)42(24-36-30-56-40-11-7-6-10-38(36)40)57-48(64)17-16-44(60)41(19-21-77-2)58-53(71)35(27-45(61)39(54)28-49(65)66)23-32-12-14-37(15-13-32)75-78(72,73)74/h3-15,30,33-35,39,41-43,56H,16-29,54H2,1-2H3,(H2,55,69)(H,57,64)(H,58,71)(H,59,70)(H,65,66)(H,67,68)(H,72,73,74)/t33-,34-,35-,39+,41+,42+,43+/m1/s1. The van der Waals surface area contributed by atoms with Crippen molar-refractivity contribution in [1.82, 2.24) is 20.9 Å². The van der Waals surface area contributed by atoms with E-state index >= 15 is 0 Å². The summed E-state index contributed by atoms with van der Waals surface area (Å²) >= 11 is 2.73. The normalized spacial score (nSPS) is 14.1. The van der Waals surface area contributed by atoms with Crippen molar-refractivity contribution in [3.05, 3.63) is 102 Å². The molecular formula is C53H66N6O16S3. The summed E-state index contributed by atoms with van der Waals surface area (Å²) in [4.78, 5) is 136. The largest absolute Gasteiger partial charge is 0.481 e. The van der Waals surface area contributed by atoms with Crippen molar-refractivity contribution >= 4 is 104 Å². The van der Waals surface area contributed by atoms with E-state index in [0.717, 1.165) is 10.9 Å². The molecule has 11 N–H and O–H groups in total. The fraction of sp³-hybridized carbons (Fsp3) is 0.434. The average molecular weight is 1140 g/mol. The topological polar surface area (TPSA) is 379 Å². The van der Waals surface area contributed by atoms with Crippen LogP contribution in [0.3, 0.4) is 0 Å². The fourth-order valence-corrected chi connectivity index (χ4v) is 9.91. The number of H-pyrrole nitrogens is 1. The van der Waals surface area contributed by atoms with Gasteiger partial charge in [0.2, 0.25) is 23.6 Å². The number of thioether (sulfide) groups is 2. The van der Waals surface area contributed by atoms with Crippen molar-refractivity contribution in [2.75, 3.05) is 24.0 Å². The van der Waals surface area contributed by atoms with Gasteiger partial charge in [-0.05, 0) is 84.6 Å². The molecule has 25 heteroatoms. The Bertz CT molecular complexity index is 2870. The van der Waals surface area contributed by atoms with Crippen LogP contribution in [-0.2, 0) is 77.6 Å². The number of carbonyl (C=O) groups is 10. The van der Waals surface area contributed by atoms with Crippen LogP contribution < -0.4 is 31.6 Å². The molecule has 4 aromatic rings. The second-order valence-electron chi connectivity index (χ2n) is 18.7. The van der Waals surface area contributed by atoms with E-state index in [2.05, 4.69) is 25.1 Å². The lowest BCUT2D eigenvalue weighted by Gasteiger charge is -2.24. The number of hydrogen-bond acceptors (Lipinski definition) is 16. The Labute approximate surface area is 459 Å². The zero-order chi connectivity index (χ0) is 57.5. The lowest BCUT2D eigenvalue weighted by molar-refractivity contribution is -0.141. The van der Waals surface area contributed by atoms with Crippen molar-refractivity contribution in [2.24, 2.45) is 29.2 Å². The quantitative estimate of drug-likeness (QED) is 0.0293. The molecule has 0 aliphatic rings. The first-order chi connectivity index (χ1) is 37.0. The Morgan fingerprint density at radius 1 is 0.603 bits per heavy atom. The molecule has 4 amide bonds. The lowest BCUT2D eigenvalue weighted by Crippen LogP contribution is -2.48. The van der Waals surface area contributed by atoms with Crippen LogP contribution in [0.15, 0.2) is 85.1 Å². The molecule has 3 aromatic carbocycles. The number of carboxylic acids is 2. The summed E-state index contributed by atoms with van der Waals surface area (Å²) in [5.74, 6) is -11.4. The van der Waals surface area contributed by atoms with Crippen molar-refractivity contribution in [3.8, 4) is 5.75 Å². The highest BCUT2D eigenvalue weighted by atomic mass is 32.3. The highest BCUT2D eigenvalue weighted by Gasteiger charge is 2.34. The first-order valence-electron chi connectivity index (χ1n) is 24.8. The Kier molecular flexibility index (Phi) is 25.7. The number of aliphatic carboxylic acids is 2. The van der Waals surface area contributed by atoms with Crippen LogP contribution in [0.2, 0.25) is 0 Å². The van der Waals surface area contributed by atoms with E-state index in [0.29, 0.717) is 28.2 Å². The van der Waals surface area contributed by atoms with Crippen LogP contribution in [0.25, 0.3) is 10.9 Å². The van der Waals surface area contributed by atoms with Crippen LogP contribution in [0.4, 0.5) is 0 Å². The second-order valence-corrected chi connectivity index (χ2v) is 21.7. The third kappa shape index (κ3) is 21.8.